The van der Waals surface area contributed by atoms with E-state index in [0.717, 1.165) is 37.4 Å². The predicted molar refractivity (Wildman–Crippen MR) is 83.0 cm³/mol. The van der Waals surface area contributed by atoms with Crippen LogP contribution in [0.2, 0.25) is 0 Å². The summed E-state index contributed by atoms with van der Waals surface area (Å²) in [5, 5.41) is 17.9. The Bertz CT molecular complexity index is 540. The first-order valence-corrected chi connectivity index (χ1v) is 8.25. The van der Waals surface area contributed by atoms with Gasteiger partial charge < -0.3 is 14.9 Å². The number of aliphatic hydroxyl groups excluding tert-OH is 1. The first kappa shape index (κ1) is 15.3. The first-order valence-electron chi connectivity index (χ1n) is 8.25. The fraction of sp³-hybridized carbons (Fsp3) is 0.611. The quantitative estimate of drug-likeness (QED) is 0.848. The predicted octanol–water partition coefficient (Wildman–Crippen LogP) is 2.66. The van der Waals surface area contributed by atoms with Crippen LogP contribution in [0.1, 0.15) is 36.8 Å². The summed E-state index contributed by atoms with van der Waals surface area (Å²) in [7, 11) is 0. The topological polar surface area (TPSA) is 66.8 Å². The van der Waals surface area contributed by atoms with Gasteiger partial charge in [0.05, 0.1) is 0 Å². The van der Waals surface area contributed by atoms with Crippen LogP contribution in [-0.2, 0) is 17.6 Å². The molecule has 0 saturated heterocycles. The van der Waals surface area contributed by atoms with E-state index in [4.69, 9.17) is 14.9 Å². The summed E-state index contributed by atoms with van der Waals surface area (Å²) in [6.45, 7) is 0.0152. The Labute approximate surface area is 131 Å². The minimum absolute atomic E-state index is 0.274. The molecular formula is C18H24O4. The standard InChI is InChI=1S/C18H24O4/c19-8-2-4-12-6-7-14-10-16-13(9-15(12)14)3-1-5-17(16)22-11-18(20)21/h1,3,5,12,14-15,19H,2,4,6-11H2,(H,20,21). The fourth-order valence-electron chi connectivity index (χ4n) is 4.36. The van der Waals surface area contributed by atoms with E-state index < -0.39 is 5.97 Å². The molecule has 3 atom stereocenters. The number of carboxylic acids is 1. The molecule has 0 heterocycles. The Balaban J connectivity index is 1.75. The summed E-state index contributed by atoms with van der Waals surface area (Å²) < 4.78 is 5.47. The first-order chi connectivity index (χ1) is 10.7. The Morgan fingerprint density at radius 1 is 1.27 bits per heavy atom. The van der Waals surface area contributed by atoms with E-state index in [2.05, 4.69) is 6.07 Å². The van der Waals surface area contributed by atoms with Gasteiger partial charge in [0, 0.05) is 6.61 Å². The average molecular weight is 304 g/mol. The zero-order chi connectivity index (χ0) is 15.5. The normalized spacial score (nSPS) is 26.3. The molecule has 120 valence electrons. The molecule has 2 N–H and O–H groups in total. The summed E-state index contributed by atoms with van der Waals surface area (Å²) >= 11 is 0. The SMILES string of the molecule is O=C(O)COc1cccc2c1CC1CCC(CCCO)C1C2. The summed E-state index contributed by atoms with van der Waals surface area (Å²) in [6.07, 6.45) is 6.61. The molecule has 4 nitrogen and oxygen atoms in total. The molecule has 1 fully saturated rings. The van der Waals surface area contributed by atoms with Crippen LogP contribution in [0.15, 0.2) is 18.2 Å². The highest BCUT2D eigenvalue weighted by molar-refractivity contribution is 5.68. The molecular weight excluding hydrogens is 280 g/mol. The summed E-state index contributed by atoms with van der Waals surface area (Å²) in [4.78, 5) is 10.7. The second-order valence-electron chi connectivity index (χ2n) is 6.61. The minimum atomic E-state index is -0.934. The van der Waals surface area contributed by atoms with Crippen molar-refractivity contribution in [1.29, 1.82) is 0 Å². The zero-order valence-electron chi connectivity index (χ0n) is 12.8. The van der Waals surface area contributed by atoms with E-state index in [0.29, 0.717) is 11.8 Å². The number of ether oxygens (including phenoxy) is 1. The van der Waals surface area contributed by atoms with Crippen molar-refractivity contribution in [3.8, 4) is 5.75 Å². The van der Waals surface area contributed by atoms with Crippen molar-refractivity contribution in [2.24, 2.45) is 17.8 Å². The van der Waals surface area contributed by atoms with Gasteiger partial charge in [0.25, 0.3) is 0 Å². The summed E-state index contributed by atoms with van der Waals surface area (Å²) in [5.74, 6) is 1.95. The van der Waals surface area contributed by atoms with Gasteiger partial charge in [-0.3, -0.25) is 0 Å². The average Bonchev–Trinajstić information content (AvgIpc) is 2.90. The summed E-state index contributed by atoms with van der Waals surface area (Å²) in [6, 6.07) is 6.01. The molecule has 0 radical (unpaired) electrons. The minimum Gasteiger partial charge on any atom is -0.482 e. The van der Waals surface area contributed by atoms with Gasteiger partial charge >= 0.3 is 5.97 Å². The molecule has 0 spiro atoms. The lowest BCUT2D eigenvalue weighted by Gasteiger charge is -2.32. The summed E-state index contributed by atoms with van der Waals surface area (Å²) in [5.41, 5.74) is 2.54. The number of aliphatic hydroxyl groups is 1. The molecule has 3 unspecified atom stereocenters. The van der Waals surface area contributed by atoms with Crippen LogP contribution in [0, 0.1) is 17.8 Å². The van der Waals surface area contributed by atoms with Crippen LogP contribution < -0.4 is 4.74 Å². The number of aliphatic carboxylic acids is 1. The van der Waals surface area contributed by atoms with Crippen LogP contribution >= 0.6 is 0 Å². The Kier molecular flexibility index (Phi) is 4.67. The monoisotopic (exact) mass is 304 g/mol. The molecule has 4 heteroatoms. The van der Waals surface area contributed by atoms with Gasteiger partial charge in [-0.15, -0.1) is 0 Å². The lowest BCUT2D eigenvalue weighted by atomic mass is 9.74. The van der Waals surface area contributed by atoms with Gasteiger partial charge in [-0.25, -0.2) is 4.79 Å². The number of benzene rings is 1. The lowest BCUT2D eigenvalue weighted by Crippen LogP contribution is -2.26. The largest absolute Gasteiger partial charge is 0.482 e. The smallest absolute Gasteiger partial charge is 0.341 e. The Morgan fingerprint density at radius 3 is 2.91 bits per heavy atom. The molecule has 0 amide bonds. The molecule has 1 aromatic rings. The van der Waals surface area contributed by atoms with E-state index in [1.807, 2.05) is 12.1 Å². The molecule has 22 heavy (non-hydrogen) atoms. The number of hydrogen-bond acceptors (Lipinski definition) is 3. The highest BCUT2D eigenvalue weighted by Crippen LogP contribution is 2.48. The highest BCUT2D eigenvalue weighted by atomic mass is 16.5. The van der Waals surface area contributed by atoms with Gasteiger partial charge in [-0.05, 0) is 73.5 Å². The third kappa shape index (κ3) is 3.12. The zero-order valence-corrected chi connectivity index (χ0v) is 12.8. The van der Waals surface area contributed by atoms with Crippen molar-refractivity contribution in [2.75, 3.05) is 13.2 Å². The van der Waals surface area contributed by atoms with Crippen LogP contribution in [0.4, 0.5) is 0 Å². The second-order valence-corrected chi connectivity index (χ2v) is 6.61. The fourth-order valence-corrected chi connectivity index (χ4v) is 4.36. The maximum Gasteiger partial charge on any atom is 0.341 e. The number of hydrogen-bond donors (Lipinski definition) is 2. The maximum atomic E-state index is 10.7. The Hall–Kier alpha value is -1.55. The Morgan fingerprint density at radius 2 is 2.14 bits per heavy atom. The number of carboxylic acid groups (broad SMARTS) is 1. The maximum absolute atomic E-state index is 10.7. The van der Waals surface area contributed by atoms with Crippen molar-refractivity contribution in [2.45, 2.75) is 38.5 Å². The molecule has 2 aliphatic rings. The number of carbonyl (C=O) groups is 1. The second kappa shape index (κ2) is 6.69. The lowest BCUT2D eigenvalue weighted by molar-refractivity contribution is -0.139. The third-order valence-corrected chi connectivity index (χ3v) is 5.36. The van der Waals surface area contributed by atoms with E-state index in [-0.39, 0.29) is 13.2 Å². The van der Waals surface area contributed by atoms with E-state index >= 15 is 0 Å². The van der Waals surface area contributed by atoms with Crippen molar-refractivity contribution >= 4 is 5.97 Å². The van der Waals surface area contributed by atoms with Crippen molar-refractivity contribution in [1.82, 2.24) is 0 Å². The van der Waals surface area contributed by atoms with Crippen molar-refractivity contribution < 1.29 is 19.7 Å². The van der Waals surface area contributed by atoms with Gasteiger partial charge in [0.2, 0.25) is 0 Å². The van der Waals surface area contributed by atoms with E-state index in [1.54, 1.807) is 0 Å². The van der Waals surface area contributed by atoms with Gasteiger partial charge in [0.15, 0.2) is 6.61 Å². The van der Waals surface area contributed by atoms with Crippen LogP contribution in [0.3, 0.4) is 0 Å². The van der Waals surface area contributed by atoms with Gasteiger partial charge in [-0.1, -0.05) is 12.1 Å². The van der Waals surface area contributed by atoms with Crippen LogP contribution in [-0.4, -0.2) is 29.4 Å². The molecule has 1 saturated carbocycles. The van der Waals surface area contributed by atoms with Crippen LogP contribution in [0.25, 0.3) is 0 Å². The van der Waals surface area contributed by atoms with Crippen molar-refractivity contribution in [3.05, 3.63) is 29.3 Å². The van der Waals surface area contributed by atoms with Gasteiger partial charge in [-0.2, -0.15) is 0 Å². The van der Waals surface area contributed by atoms with E-state index in [1.165, 1.54) is 24.0 Å². The number of fused-ring (bicyclic) bond motifs is 2. The number of rotatable bonds is 6. The molecule has 0 aliphatic heterocycles. The van der Waals surface area contributed by atoms with E-state index in [9.17, 15) is 4.79 Å². The molecule has 3 rings (SSSR count). The molecule has 1 aromatic carbocycles. The molecule has 2 aliphatic carbocycles. The molecule has 0 aromatic heterocycles. The van der Waals surface area contributed by atoms with Crippen molar-refractivity contribution in [3.63, 3.8) is 0 Å². The highest BCUT2D eigenvalue weighted by Gasteiger charge is 2.39. The third-order valence-electron chi connectivity index (χ3n) is 5.36. The molecule has 0 bridgehead atoms. The van der Waals surface area contributed by atoms with Gasteiger partial charge in [0.1, 0.15) is 5.75 Å². The van der Waals surface area contributed by atoms with Crippen LogP contribution in [0.5, 0.6) is 5.75 Å².